The van der Waals surface area contributed by atoms with Crippen LogP contribution in [0.5, 0.6) is 0 Å². The van der Waals surface area contributed by atoms with Crippen molar-refractivity contribution in [2.45, 2.75) is 6.54 Å². The number of rotatable bonds is 6. The molecule has 2 N–H and O–H groups in total. The molecule has 2 aromatic carbocycles. The zero-order valence-corrected chi connectivity index (χ0v) is 15.6. The van der Waals surface area contributed by atoms with Gasteiger partial charge in [0.1, 0.15) is 0 Å². The molecule has 140 valence electrons. The zero-order chi connectivity index (χ0) is 19.6. The Bertz CT molecular complexity index is 854. The lowest BCUT2D eigenvalue weighted by molar-refractivity contribution is -0.143. The van der Waals surface area contributed by atoms with E-state index in [9.17, 15) is 14.4 Å². The minimum atomic E-state index is -0.758. The summed E-state index contributed by atoms with van der Waals surface area (Å²) in [7, 11) is 0. The van der Waals surface area contributed by atoms with Gasteiger partial charge >= 0.3 is 12.0 Å². The van der Waals surface area contributed by atoms with E-state index < -0.39 is 24.5 Å². The van der Waals surface area contributed by atoms with Crippen molar-refractivity contribution in [1.29, 1.82) is 0 Å². The number of hydrogen-bond acceptors (Lipinski definition) is 4. The molecule has 0 fully saturated rings. The summed E-state index contributed by atoms with van der Waals surface area (Å²) in [5.74, 6) is -1.51. The zero-order valence-electron chi connectivity index (χ0n) is 14.1. The first-order chi connectivity index (χ1) is 13.0. The van der Waals surface area contributed by atoms with E-state index >= 15 is 0 Å². The number of carbonyl (C=O) groups is 3. The summed E-state index contributed by atoms with van der Waals surface area (Å²) >= 11 is 11.9. The fourth-order valence-corrected chi connectivity index (χ4v) is 2.35. The third kappa shape index (κ3) is 7.13. The molecule has 0 aromatic heterocycles. The molecule has 0 radical (unpaired) electrons. The van der Waals surface area contributed by atoms with Gasteiger partial charge in [0, 0.05) is 12.6 Å². The second-order valence-corrected chi connectivity index (χ2v) is 6.09. The first-order valence-electron chi connectivity index (χ1n) is 7.86. The van der Waals surface area contributed by atoms with Crippen LogP contribution in [0.25, 0.3) is 6.08 Å². The molecule has 2 rings (SSSR count). The van der Waals surface area contributed by atoms with Crippen LogP contribution >= 0.6 is 23.2 Å². The third-order valence-electron chi connectivity index (χ3n) is 3.27. The SMILES string of the molecule is O=C(COC(=O)/C=C/c1cccc(Cl)c1Cl)NC(=O)NCc1ccccc1. The number of nitrogens with one attached hydrogen (secondary N) is 2. The minimum absolute atomic E-state index is 0.267. The van der Waals surface area contributed by atoms with Crippen LogP contribution in [0.15, 0.2) is 54.6 Å². The number of ether oxygens (including phenoxy) is 1. The molecule has 0 saturated heterocycles. The number of esters is 1. The van der Waals surface area contributed by atoms with E-state index in [4.69, 9.17) is 27.9 Å². The van der Waals surface area contributed by atoms with Crippen LogP contribution in [-0.2, 0) is 20.9 Å². The van der Waals surface area contributed by atoms with Crippen molar-refractivity contribution >= 4 is 47.2 Å². The first kappa shape index (κ1) is 20.5. The molecular formula is C19H16Cl2N2O4. The number of halogens is 2. The van der Waals surface area contributed by atoms with Crippen LogP contribution in [0.3, 0.4) is 0 Å². The van der Waals surface area contributed by atoms with Gasteiger partial charge in [-0.3, -0.25) is 10.1 Å². The summed E-state index contributed by atoms with van der Waals surface area (Å²) < 4.78 is 4.77. The van der Waals surface area contributed by atoms with Gasteiger partial charge in [-0.15, -0.1) is 0 Å². The molecule has 0 spiro atoms. The van der Waals surface area contributed by atoms with E-state index in [0.29, 0.717) is 15.6 Å². The predicted molar refractivity (Wildman–Crippen MR) is 103 cm³/mol. The van der Waals surface area contributed by atoms with Crippen LogP contribution in [-0.4, -0.2) is 24.5 Å². The summed E-state index contributed by atoms with van der Waals surface area (Å²) in [4.78, 5) is 34.9. The van der Waals surface area contributed by atoms with E-state index in [1.54, 1.807) is 18.2 Å². The number of imide groups is 1. The molecule has 6 nitrogen and oxygen atoms in total. The Balaban J connectivity index is 1.72. The van der Waals surface area contributed by atoms with Crippen molar-refractivity contribution < 1.29 is 19.1 Å². The maximum Gasteiger partial charge on any atom is 0.331 e. The predicted octanol–water partition coefficient (Wildman–Crippen LogP) is 3.58. The summed E-state index contributed by atoms with van der Waals surface area (Å²) in [5, 5.41) is 5.25. The van der Waals surface area contributed by atoms with Crippen LogP contribution in [0.4, 0.5) is 4.79 Å². The lowest BCUT2D eigenvalue weighted by atomic mass is 10.2. The van der Waals surface area contributed by atoms with Gasteiger partial charge in [-0.05, 0) is 23.3 Å². The Morgan fingerprint density at radius 1 is 1.00 bits per heavy atom. The van der Waals surface area contributed by atoms with Gasteiger partial charge in [-0.25, -0.2) is 9.59 Å². The van der Waals surface area contributed by atoms with Gasteiger partial charge in [0.15, 0.2) is 6.61 Å². The van der Waals surface area contributed by atoms with E-state index in [2.05, 4.69) is 10.6 Å². The molecule has 8 heteroatoms. The molecule has 3 amide bonds. The highest BCUT2D eigenvalue weighted by Crippen LogP contribution is 2.26. The van der Waals surface area contributed by atoms with E-state index in [-0.39, 0.29) is 6.54 Å². The van der Waals surface area contributed by atoms with Gasteiger partial charge in [-0.1, -0.05) is 65.7 Å². The van der Waals surface area contributed by atoms with Gasteiger partial charge in [0.25, 0.3) is 5.91 Å². The highest BCUT2D eigenvalue weighted by atomic mass is 35.5. The lowest BCUT2D eigenvalue weighted by Crippen LogP contribution is -2.41. The van der Waals surface area contributed by atoms with Gasteiger partial charge in [-0.2, -0.15) is 0 Å². The fourth-order valence-electron chi connectivity index (χ4n) is 1.98. The van der Waals surface area contributed by atoms with Gasteiger partial charge < -0.3 is 10.1 Å². The number of benzene rings is 2. The smallest absolute Gasteiger partial charge is 0.331 e. The average Bonchev–Trinajstić information content (AvgIpc) is 2.66. The number of amides is 3. The van der Waals surface area contributed by atoms with Gasteiger partial charge in [0.2, 0.25) is 0 Å². The fraction of sp³-hybridized carbons (Fsp3) is 0.105. The molecule has 27 heavy (non-hydrogen) atoms. The third-order valence-corrected chi connectivity index (χ3v) is 4.11. The number of carbonyl (C=O) groups excluding carboxylic acids is 3. The summed E-state index contributed by atoms with van der Waals surface area (Å²) in [6, 6.07) is 13.5. The second-order valence-electron chi connectivity index (χ2n) is 5.30. The van der Waals surface area contributed by atoms with E-state index in [0.717, 1.165) is 11.6 Å². The van der Waals surface area contributed by atoms with Crippen molar-refractivity contribution in [2.24, 2.45) is 0 Å². The van der Waals surface area contributed by atoms with Crippen LogP contribution < -0.4 is 10.6 Å². The molecule has 0 heterocycles. The number of urea groups is 1. The van der Waals surface area contributed by atoms with E-state index in [1.807, 2.05) is 30.3 Å². The highest BCUT2D eigenvalue weighted by molar-refractivity contribution is 6.42. The summed E-state index contributed by atoms with van der Waals surface area (Å²) in [5.41, 5.74) is 1.42. The largest absolute Gasteiger partial charge is 0.452 e. The molecule has 0 aliphatic rings. The summed E-state index contributed by atoms with van der Waals surface area (Å²) in [6.45, 7) is -0.325. The maximum absolute atomic E-state index is 11.6. The van der Waals surface area contributed by atoms with Crippen molar-refractivity contribution in [2.75, 3.05) is 6.61 Å². The molecule has 0 aliphatic carbocycles. The topological polar surface area (TPSA) is 84.5 Å². The van der Waals surface area contributed by atoms with Crippen LogP contribution in [0.1, 0.15) is 11.1 Å². The van der Waals surface area contributed by atoms with E-state index in [1.165, 1.54) is 6.08 Å². The van der Waals surface area contributed by atoms with Crippen molar-refractivity contribution in [3.8, 4) is 0 Å². The van der Waals surface area contributed by atoms with Crippen molar-refractivity contribution in [3.05, 3.63) is 75.8 Å². The molecule has 0 atom stereocenters. The molecular weight excluding hydrogens is 391 g/mol. The van der Waals surface area contributed by atoms with Gasteiger partial charge in [0.05, 0.1) is 10.0 Å². The molecule has 0 saturated carbocycles. The highest BCUT2D eigenvalue weighted by Gasteiger charge is 2.10. The Labute approximate surface area is 166 Å². The first-order valence-corrected chi connectivity index (χ1v) is 8.62. The van der Waals surface area contributed by atoms with Crippen molar-refractivity contribution in [3.63, 3.8) is 0 Å². The molecule has 0 bridgehead atoms. The van der Waals surface area contributed by atoms with Crippen molar-refractivity contribution in [1.82, 2.24) is 10.6 Å². The molecule has 2 aromatic rings. The Hall–Kier alpha value is -2.83. The van der Waals surface area contributed by atoms with Crippen LogP contribution in [0, 0.1) is 0 Å². The minimum Gasteiger partial charge on any atom is -0.452 e. The Morgan fingerprint density at radius 2 is 1.74 bits per heavy atom. The maximum atomic E-state index is 11.6. The lowest BCUT2D eigenvalue weighted by Gasteiger charge is -2.07. The Kier molecular flexibility index (Phi) is 7.85. The molecule has 0 aliphatic heterocycles. The standard InChI is InChI=1S/C19H16Cl2N2O4/c20-15-8-4-7-14(18(15)21)9-10-17(25)27-12-16(24)23-19(26)22-11-13-5-2-1-3-6-13/h1-10H,11-12H2,(H2,22,23,24,26)/b10-9+. The Morgan fingerprint density at radius 3 is 2.48 bits per heavy atom. The average molecular weight is 407 g/mol. The quantitative estimate of drug-likeness (QED) is 0.567. The number of hydrogen-bond donors (Lipinski definition) is 2. The normalized spacial score (nSPS) is 10.4. The second kappa shape index (κ2) is 10.4. The monoisotopic (exact) mass is 406 g/mol. The summed E-state index contributed by atoms with van der Waals surface area (Å²) in [6.07, 6.45) is 2.53. The molecule has 0 unspecified atom stereocenters. The van der Waals surface area contributed by atoms with Crippen LogP contribution in [0.2, 0.25) is 10.0 Å².